The Labute approximate surface area is 142 Å². The van der Waals surface area contributed by atoms with Gasteiger partial charge in [-0.3, -0.25) is 0 Å². The van der Waals surface area contributed by atoms with Gasteiger partial charge in [-0.25, -0.2) is 4.98 Å². The maximum atomic E-state index is 10.5. The maximum absolute atomic E-state index is 10.5. The van der Waals surface area contributed by atoms with Gasteiger partial charge in [0.25, 0.3) is 0 Å². The van der Waals surface area contributed by atoms with Crippen LogP contribution in [0, 0.1) is 0 Å². The lowest BCUT2D eigenvalue weighted by molar-refractivity contribution is 0.431. The van der Waals surface area contributed by atoms with Crippen LogP contribution in [0.4, 0.5) is 10.8 Å². The lowest BCUT2D eigenvalue weighted by Crippen LogP contribution is -1.92. The summed E-state index contributed by atoms with van der Waals surface area (Å²) in [7, 11) is 0. The topological polar surface area (TPSA) is 62.8 Å². The average Bonchev–Trinajstić information content (AvgIpc) is 3.13. The van der Waals surface area contributed by atoms with Gasteiger partial charge in [-0.2, -0.15) is 0 Å². The lowest BCUT2D eigenvalue weighted by Gasteiger charge is -2.01. The fourth-order valence-corrected chi connectivity index (χ4v) is 3.47. The molecule has 0 bridgehead atoms. The van der Waals surface area contributed by atoms with Gasteiger partial charge in [0.05, 0.1) is 15.7 Å². The Morgan fingerprint density at radius 2 is 1.92 bits per heavy atom. The standard InChI is InChI=1S/C18H14N4OS/c1-2-11-22-14-9-5-3-7-12(14)16(17(22)23)20-21-18-19-13-8-4-6-10-15(13)24-18/h2-10,23H,1,11H2. The number of allylic oxidation sites excluding steroid dienone is 1. The van der Waals surface area contributed by atoms with Crippen LogP contribution >= 0.6 is 11.3 Å². The maximum Gasteiger partial charge on any atom is 0.231 e. The first-order valence-corrected chi connectivity index (χ1v) is 8.28. The Bertz CT molecular complexity index is 1040. The largest absolute Gasteiger partial charge is 0.493 e. The van der Waals surface area contributed by atoms with Crippen molar-refractivity contribution in [2.75, 3.05) is 0 Å². The van der Waals surface area contributed by atoms with E-state index in [0.717, 1.165) is 21.1 Å². The van der Waals surface area contributed by atoms with Gasteiger partial charge in [-0.15, -0.1) is 16.8 Å². The zero-order chi connectivity index (χ0) is 16.5. The van der Waals surface area contributed by atoms with Crippen LogP contribution in [-0.2, 0) is 6.54 Å². The van der Waals surface area contributed by atoms with Gasteiger partial charge in [-0.05, 0) is 18.2 Å². The molecular weight excluding hydrogens is 320 g/mol. The highest BCUT2D eigenvalue weighted by molar-refractivity contribution is 7.21. The SMILES string of the molecule is C=CCn1c(O)c(N=Nc2nc3ccccc3s2)c2ccccc21. The number of rotatable bonds is 4. The van der Waals surface area contributed by atoms with Crippen molar-refractivity contribution in [2.45, 2.75) is 6.54 Å². The van der Waals surface area contributed by atoms with E-state index in [0.29, 0.717) is 17.4 Å². The molecule has 5 nitrogen and oxygen atoms in total. The zero-order valence-corrected chi connectivity index (χ0v) is 13.6. The van der Waals surface area contributed by atoms with Crippen molar-refractivity contribution in [3.63, 3.8) is 0 Å². The first kappa shape index (κ1) is 14.6. The van der Waals surface area contributed by atoms with Crippen LogP contribution in [0.5, 0.6) is 5.88 Å². The second-order valence-electron chi connectivity index (χ2n) is 5.25. The van der Waals surface area contributed by atoms with Gasteiger partial charge in [0.15, 0.2) is 5.69 Å². The van der Waals surface area contributed by atoms with Crippen LogP contribution in [-0.4, -0.2) is 14.7 Å². The first-order chi connectivity index (χ1) is 11.8. The molecule has 2 aromatic heterocycles. The molecule has 2 aromatic carbocycles. The molecule has 0 fully saturated rings. The Balaban J connectivity index is 1.81. The quantitative estimate of drug-likeness (QED) is 0.392. The number of fused-ring (bicyclic) bond motifs is 2. The van der Waals surface area contributed by atoms with Gasteiger partial charge in [0.1, 0.15) is 0 Å². The van der Waals surface area contributed by atoms with Crippen LogP contribution in [0.3, 0.4) is 0 Å². The van der Waals surface area contributed by atoms with E-state index in [-0.39, 0.29) is 5.88 Å². The molecule has 0 aliphatic heterocycles. The average molecular weight is 334 g/mol. The predicted octanol–water partition coefficient (Wildman–Crippen LogP) is 5.56. The van der Waals surface area contributed by atoms with Crippen LogP contribution in [0.2, 0.25) is 0 Å². The van der Waals surface area contributed by atoms with Crippen molar-refractivity contribution in [1.29, 1.82) is 0 Å². The second-order valence-corrected chi connectivity index (χ2v) is 6.26. The summed E-state index contributed by atoms with van der Waals surface area (Å²) in [4.78, 5) is 4.43. The zero-order valence-electron chi connectivity index (χ0n) is 12.8. The molecule has 0 spiro atoms. The van der Waals surface area contributed by atoms with Crippen molar-refractivity contribution in [1.82, 2.24) is 9.55 Å². The fraction of sp³-hybridized carbons (Fsp3) is 0.0556. The number of hydrogen-bond acceptors (Lipinski definition) is 5. The van der Waals surface area contributed by atoms with Crippen molar-refractivity contribution in [3.8, 4) is 5.88 Å². The molecule has 0 saturated carbocycles. The Hall–Kier alpha value is -2.99. The Morgan fingerprint density at radius 3 is 2.75 bits per heavy atom. The van der Waals surface area contributed by atoms with Crippen LogP contribution in [0.1, 0.15) is 0 Å². The minimum absolute atomic E-state index is 0.0842. The number of para-hydroxylation sites is 2. The smallest absolute Gasteiger partial charge is 0.231 e. The molecule has 4 rings (SSSR count). The molecule has 0 aliphatic carbocycles. The highest BCUT2D eigenvalue weighted by atomic mass is 32.1. The Kier molecular flexibility index (Phi) is 3.59. The molecule has 118 valence electrons. The predicted molar refractivity (Wildman–Crippen MR) is 97.6 cm³/mol. The summed E-state index contributed by atoms with van der Waals surface area (Å²) in [5.41, 5.74) is 2.25. The minimum Gasteiger partial charge on any atom is -0.493 e. The van der Waals surface area contributed by atoms with E-state index >= 15 is 0 Å². The number of thiazole rings is 1. The van der Waals surface area contributed by atoms with Gasteiger partial charge >= 0.3 is 0 Å². The Morgan fingerprint density at radius 1 is 1.12 bits per heavy atom. The number of nitrogens with zero attached hydrogens (tertiary/aromatic N) is 4. The summed E-state index contributed by atoms with van der Waals surface area (Å²) in [6, 6.07) is 15.6. The molecule has 4 aromatic rings. The number of azo groups is 1. The number of aromatic nitrogens is 2. The van der Waals surface area contributed by atoms with Crippen molar-refractivity contribution >= 4 is 43.3 Å². The second kappa shape index (κ2) is 5.90. The van der Waals surface area contributed by atoms with Crippen LogP contribution in [0.25, 0.3) is 21.1 Å². The number of aromatic hydroxyl groups is 1. The van der Waals surface area contributed by atoms with E-state index in [1.54, 1.807) is 10.6 Å². The van der Waals surface area contributed by atoms with Crippen molar-refractivity contribution in [2.24, 2.45) is 10.2 Å². The number of hydrogen-bond donors (Lipinski definition) is 1. The minimum atomic E-state index is 0.0842. The van der Waals surface area contributed by atoms with Gasteiger partial charge in [0, 0.05) is 11.9 Å². The van der Waals surface area contributed by atoms with E-state index in [2.05, 4.69) is 21.8 Å². The number of benzene rings is 2. The molecule has 1 N–H and O–H groups in total. The molecule has 0 saturated heterocycles. The van der Waals surface area contributed by atoms with E-state index in [1.807, 2.05) is 48.5 Å². The summed E-state index contributed by atoms with van der Waals surface area (Å²) >= 11 is 1.47. The molecule has 24 heavy (non-hydrogen) atoms. The summed E-state index contributed by atoms with van der Waals surface area (Å²) < 4.78 is 2.82. The van der Waals surface area contributed by atoms with Gasteiger partial charge in [0.2, 0.25) is 11.0 Å². The summed E-state index contributed by atoms with van der Waals surface area (Å²) in [5, 5.41) is 20.4. The first-order valence-electron chi connectivity index (χ1n) is 7.46. The third-order valence-corrected chi connectivity index (χ3v) is 4.67. The van der Waals surface area contributed by atoms with Crippen LogP contribution < -0.4 is 0 Å². The monoisotopic (exact) mass is 334 g/mol. The third-order valence-electron chi connectivity index (χ3n) is 3.75. The molecule has 2 heterocycles. The molecule has 0 amide bonds. The normalized spacial score (nSPS) is 11.7. The summed E-state index contributed by atoms with van der Waals surface area (Å²) in [6.07, 6.45) is 1.74. The van der Waals surface area contributed by atoms with Gasteiger partial charge < -0.3 is 9.67 Å². The molecule has 0 atom stereocenters. The van der Waals surface area contributed by atoms with Crippen LogP contribution in [0.15, 0.2) is 71.4 Å². The third kappa shape index (κ3) is 2.37. The highest BCUT2D eigenvalue weighted by Crippen LogP contribution is 2.40. The molecule has 6 heteroatoms. The summed E-state index contributed by atoms with van der Waals surface area (Å²) in [6.45, 7) is 4.24. The molecule has 0 radical (unpaired) electrons. The molecular formula is C18H14N4OS. The highest BCUT2D eigenvalue weighted by Gasteiger charge is 2.15. The van der Waals surface area contributed by atoms with Crippen molar-refractivity contribution in [3.05, 3.63) is 61.2 Å². The van der Waals surface area contributed by atoms with Crippen molar-refractivity contribution < 1.29 is 5.11 Å². The molecule has 0 aliphatic rings. The van der Waals surface area contributed by atoms with Gasteiger partial charge in [-0.1, -0.05) is 47.7 Å². The van der Waals surface area contributed by atoms with E-state index in [4.69, 9.17) is 0 Å². The van der Waals surface area contributed by atoms with E-state index in [9.17, 15) is 5.11 Å². The summed E-state index contributed by atoms with van der Waals surface area (Å²) in [5.74, 6) is 0.0842. The molecule has 0 unspecified atom stereocenters. The van der Waals surface area contributed by atoms with E-state index in [1.165, 1.54) is 11.3 Å². The fourth-order valence-electron chi connectivity index (χ4n) is 2.68. The van der Waals surface area contributed by atoms with E-state index < -0.39 is 0 Å². The lowest BCUT2D eigenvalue weighted by atomic mass is 10.2.